The van der Waals surface area contributed by atoms with Crippen molar-refractivity contribution in [1.29, 1.82) is 0 Å². The van der Waals surface area contributed by atoms with Crippen molar-refractivity contribution in [3.05, 3.63) is 77.1 Å². The number of carbonyl (C=O) groups excluding carboxylic acids is 2. The minimum atomic E-state index is -0.642. The molecule has 2 N–H and O–H groups in total. The van der Waals surface area contributed by atoms with Gasteiger partial charge < -0.3 is 10.2 Å². The van der Waals surface area contributed by atoms with Crippen molar-refractivity contribution in [3.8, 4) is 11.1 Å². The Morgan fingerprint density at radius 1 is 1.09 bits per heavy atom. The van der Waals surface area contributed by atoms with Gasteiger partial charge in [0.2, 0.25) is 11.8 Å². The highest BCUT2D eigenvalue weighted by atomic mass is 16.2. The van der Waals surface area contributed by atoms with Crippen LogP contribution in [0.5, 0.6) is 0 Å². The summed E-state index contributed by atoms with van der Waals surface area (Å²) in [6.07, 6.45) is 1.55. The Balaban J connectivity index is 1.60. The van der Waals surface area contributed by atoms with E-state index in [1.54, 1.807) is 0 Å². The number of amides is 2. The van der Waals surface area contributed by atoms with Crippen molar-refractivity contribution in [1.82, 2.24) is 20.4 Å². The first-order chi connectivity index (χ1) is 15.9. The summed E-state index contributed by atoms with van der Waals surface area (Å²) >= 11 is 0. The molecule has 1 saturated heterocycles. The second-order valence-corrected chi connectivity index (χ2v) is 8.99. The first-order valence-corrected chi connectivity index (χ1v) is 11.6. The fourth-order valence-electron chi connectivity index (χ4n) is 4.88. The van der Waals surface area contributed by atoms with Crippen molar-refractivity contribution in [3.63, 3.8) is 0 Å². The van der Waals surface area contributed by atoms with Crippen LogP contribution in [0.2, 0.25) is 0 Å². The molecule has 1 unspecified atom stereocenters. The van der Waals surface area contributed by atoms with Crippen LogP contribution in [0.1, 0.15) is 35.9 Å². The molecule has 1 atom stereocenters. The number of hydrogen-bond donors (Lipinski definition) is 2. The largest absolute Gasteiger partial charge is 0.356 e. The van der Waals surface area contributed by atoms with E-state index in [0.29, 0.717) is 38.9 Å². The monoisotopic (exact) mass is 444 g/mol. The highest BCUT2D eigenvalue weighted by Crippen LogP contribution is 2.38. The van der Waals surface area contributed by atoms with Gasteiger partial charge in [0, 0.05) is 30.9 Å². The number of hydrogen-bond acceptors (Lipinski definition) is 3. The second kappa shape index (κ2) is 9.61. The van der Waals surface area contributed by atoms with Gasteiger partial charge in [0.15, 0.2) is 0 Å². The van der Waals surface area contributed by atoms with Crippen LogP contribution in [0.3, 0.4) is 0 Å². The van der Waals surface area contributed by atoms with Gasteiger partial charge in [0.05, 0.1) is 17.5 Å². The molecule has 3 aromatic rings. The minimum Gasteiger partial charge on any atom is -0.356 e. The number of aryl methyl sites for hydroxylation is 2. The lowest BCUT2D eigenvalue weighted by atomic mass is 9.78. The van der Waals surface area contributed by atoms with E-state index in [1.807, 2.05) is 56.0 Å². The maximum Gasteiger partial charge on any atom is 0.228 e. The van der Waals surface area contributed by atoms with Gasteiger partial charge in [0.25, 0.3) is 0 Å². The third-order valence-electron chi connectivity index (χ3n) is 6.77. The van der Waals surface area contributed by atoms with Gasteiger partial charge in [-0.2, -0.15) is 5.10 Å². The van der Waals surface area contributed by atoms with Gasteiger partial charge in [-0.25, -0.2) is 0 Å². The van der Waals surface area contributed by atoms with Crippen LogP contribution in [-0.4, -0.2) is 46.5 Å². The molecule has 1 aromatic heterocycles. The van der Waals surface area contributed by atoms with E-state index in [9.17, 15) is 9.59 Å². The fraction of sp³-hybridized carbons (Fsp3) is 0.370. The van der Waals surface area contributed by atoms with Crippen molar-refractivity contribution in [2.75, 3.05) is 19.6 Å². The maximum absolute atomic E-state index is 13.3. The lowest BCUT2D eigenvalue weighted by Crippen LogP contribution is -2.45. The number of nitrogens with one attached hydrogen (secondary N) is 2. The van der Waals surface area contributed by atoms with E-state index in [1.165, 1.54) is 0 Å². The SMILES string of the molecule is CCNC(=O)C1(Cc2ccccc2-c2ccccc2)CCN(C(=O)Cc2c(C)n[nH]c2C)C1. The third-order valence-corrected chi connectivity index (χ3v) is 6.77. The van der Waals surface area contributed by atoms with Crippen molar-refractivity contribution >= 4 is 11.8 Å². The van der Waals surface area contributed by atoms with Crippen molar-refractivity contribution in [2.24, 2.45) is 5.41 Å². The summed E-state index contributed by atoms with van der Waals surface area (Å²) in [6, 6.07) is 18.5. The summed E-state index contributed by atoms with van der Waals surface area (Å²) < 4.78 is 0. The number of rotatable bonds is 7. The van der Waals surface area contributed by atoms with Crippen LogP contribution < -0.4 is 5.32 Å². The van der Waals surface area contributed by atoms with E-state index < -0.39 is 5.41 Å². The van der Waals surface area contributed by atoms with Crippen molar-refractivity contribution < 1.29 is 9.59 Å². The highest BCUT2D eigenvalue weighted by molar-refractivity contribution is 5.86. The summed E-state index contributed by atoms with van der Waals surface area (Å²) in [5.74, 6) is 0.0731. The lowest BCUT2D eigenvalue weighted by Gasteiger charge is -2.29. The molecule has 33 heavy (non-hydrogen) atoms. The molecule has 0 radical (unpaired) electrons. The van der Waals surface area contributed by atoms with Gasteiger partial charge in [-0.3, -0.25) is 14.7 Å². The van der Waals surface area contributed by atoms with Crippen LogP contribution in [0.25, 0.3) is 11.1 Å². The Morgan fingerprint density at radius 3 is 2.52 bits per heavy atom. The van der Waals surface area contributed by atoms with Crippen LogP contribution in [-0.2, 0) is 22.4 Å². The molecule has 1 aliphatic rings. The highest BCUT2D eigenvalue weighted by Gasteiger charge is 2.46. The number of aromatic nitrogens is 2. The molecule has 2 aromatic carbocycles. The van der Waals surface area contributed by atoms with E-state index in [0.717, 1.165) is 33.6 Å². The smallest absolute Gasteiger partial charge is 0.228 e. The molecule has 6 heteroatoms. The number of likely N-dealkylation sites (tertiary alicyclic amines) is 1. The molecule has 2 amide bonds. The predicted molar refractivity (Wildman–Crippen MR) is 130 cm³/mol. The molecular formula is C27H32N4O2. The van der Waals surface area contributed by atoms with Gasteiger partial charge >= 0.3 is 0 Å². The predicted octanol–water partition coefficient (Wildman–Crippen LogP) is 3.83. The average molecular weight is 445 g/mol. The molecule has 0 bridgehead atoms. The zero-order chi connectivity index (χ0) is 23.4. The van der Waals surface area contributed by atoms with Gasteiger partial charge in [-0.15, -0.1) is 0 Å². The fourth-order valence-corrected chi connectivity index (χ4v) is 4.88. The van der Waals surface area contributed by atoms with Crippen molar-refractivity contribution in [2.45, 2.75) is 40.0 Å². The van der Waals surface area contributed by atoms with E-state index >= 15 is 0 Å². The molecule has 1 aliphatic heterocycles. The molecule has 0 aliphatic carbocycles. The Hall–Kier alpha value is -3.41. The second-order valence-electron chi connectivity index (χ2n) is 8.99. The Labute approximate surface area is 195 Å². The summed E-state index contributed by atoms with van der Waals surface area (Å²) in [7, 11) is 0. The zero-order valence-electron chi connectivity index (χ0n) is 19.6. The molecule has 172 valence electrons. The molecule has 0 spiro atoms. The lowest BCUT2D eigenvalue weighted by molar-refractivity contribution is -0.132. The minimum absolute atomic E-state index is 0.0267. The Morgan fingerprint density at radius 2 is 1.82 bits per heavy atom. The van der Waals surface area contributed by atoms with Crippen LogP contribution in [0.4, 0.5) is 0 Å². The number of H-pyrrole nitrogens is 1. The normalized spacial score (nSPS) is 17.8. The number of carbonyl (C=O) groups is 2. The molecule has 6 nitrogen and oxygen atoms in total. The van der Waals surface area contributed by atoms with Gasteiger partial charge in [-0.1, -0.05) is 54.6 Å². The number of benzene rings is 2. The molecule has 4 rings (SSSR count). The van der Waals surface area contributed by atoms with Crippen LogP contribution in [0, 0.1) is 19.3 Å². The standard InChI is InChI=1S/C27H32N4O2/c1-4-28-26(33)27(17-22-12-8-9-13-23(22)21-10-6-5-7-11-21)14-15-31(18-27)25(32)16-24-19(2)29-30-20(24)3/h5-13H,4,14-18H2,1-3H3,(H,28,33)(H,29,30). The summed E-state index contributed by atoms with van der Waals surface area (Å²) in [4.78, 5) is 28.4. The number of nitrogens with zero attached hydrogens (tertiary/aromatic N) is 2. The first-order valence-electron chi connectivity index (χ1n) is 11.6. The molecule has 2 heterocycles. The summed E-state index contributed by atoms with van der Waals surface area (Å²) in [5, 5.41) is 10.2. The molecule has 1 fully saturated rings. The van der Waals surface area contributed by atoms with E-state index in [2.05, 4.69) is 39.8 Å². The van der Waals surface area contributed by atoms with Crippen LogP contribution >= 0.6 is 0 Å². The first kappa shape index (κ1) is 22.8. The topological polar surface area (TPSA) is 78.1 Å². The van der Waals surface area contributed by atoms with Crippen LogP contribution in [0.15, 0.2) is 54.6 Å². The number of aromatic amines is 1. The Kier molecular flexibility index (Phi) is 6.63. The quantitative estimate of drug-likeness (QED) is 0.581. The van der Waals surface area contributed by atoms with Gasteiger partial charge in [0.1, 0.15) is 0 Å². The van der Waals surface area contributed by atoms with Gasteiger partial charge in [-0.05, 0) is 50.3 Å². The molecule has 0 saturated carbocycles. The van der Waals surface area contributed by atoms with E-state index in [4.69, 9.17) is 0 Å². The maximum atomic E-state index is 13.3. The van der Waals surface area contributed by atoms with E-state index in [-0.39, 0.29) is 11.8 Å². The summed E-state index contributed by atoms with van der Waals surface area (Å²) in [5.41, 5.74) is 5.48. The summed E-state index contributed by atoms with van der Waals surface area (Å²) in [6.45, 7) is 7.37. The average Bonchev–Trinajstić information content (AvgIpc) is 3.40. The zero-order valence-corrected chi connectivity index (χ0v) is 19.6. The third kappa shape index (κ3) is 4.70. The Bertz CT molecular complexity index is 1120. The molecular weight excluding hydrogens is 412 g/mol.